The van der Waals surface area contributed by atoms with Crippen LogP contribution >= 0.6 is 0 Å². The molecule has 0 aromatic heterocycles. The molecule has 0 radical (unpaired) electrons. The van der Waals surface area contributed by atoms with Gasteiger partial charge in [0.25, 0.3) is 0 Å². The Labute approximate surface area is 89.5 Å². The van der Waals surface area contributed by atoms with Gasteiger partial charge >= 0.3 is 0 Å². The SMILES string of the molecule is C=CC1OCC2(COCOC2)C(C=C)O1. The Hall–Kier alpha value is -0.680. The first-order chi connectivity index (χ1) is 7.30. The minimum absolute atomic E-state index is 0.116. The van der Waals surface area contributed by atoms with Crippen LogP contribution in [0.2, 0.25) is 0 Å². The molecule has 4 nitrogen and oxygen atoms in total. The molecule has 2 aliphatic heterocycles. The van der Waals surface area contributed by atoms with Gasteiger partial charge in [0.15, 0.2) is 6.29 Å². The van der Waals surface area contributed by atoms with Gasteiger partial charge in [-0.05, 0) is 6.08 Å². The van der Waals surface area contributed by atoms with E-state index in [9.17, 15) is 0 Å². The summed E-state index contributed by atoms with van der Waals surface area (Å²) in [5, 5.41) is 0. The maximum absolute atomic E-state index is 5.66. The van der Waals surface area contributed by atoms with Crippen LogP contribution in [0.1, 0.15) is 0 Å². The largest absolute Gasteiger partial charge is 0.355 e. The summed E-state index contributed by atoms with van der Waals surface area (Å²) in [6.07, 6.45) is 2.93. The van der Waals surface area contributed by atoms with E-state index in [-0.39, 0.29) is 17.8 Å². The summed E-state index contributed by atoms with van der Waals surface area (Å²) in [7, 11) is 0. The van der Waals surface area contributed by atoms with E-state index in [0.29, 0.717) is 26.6 Å². The zero-order valence-electron chi connectivity index (χ0n) is 8.69. The van der Waals surface area contributed by atoms with Gasteiger partial charge in [0.2, 0.25) is 0 Å². The molecule has 0 aromatic rings. The molecule has 2 saturated heterocycles. The van der Waals surface area contributed by atoms with Crippen molar-refractivity contribution in [3.05, 3.63) is 25.3 Å². The number of hydrogen-bond acceptors (Lipinski definition) is 4. The van der Waals surface area contributed by atoms with Gasteiger partial charge in [-0.15, -0.1) is 6.58 Å². The van der Waals surface area contributed by atoms with Gasteiger partial charge in [-0.3, -0.25) is 0 Å². The highest BCUT2D eigenvalue weighted by Gasteiger charge is 2.45. The summed E-state index contributed by atoms with van der Waals surface area (Å²) in [6.45, 7) is 9.46. The third-order valence-electron chi connectivity index (χ3n) is 2.77. The van der Waals surface area contributed by atoms with Crippen molar-refractivity contribution in [1.29, 1.82) is 0 Å². The molecule has 2 fully saturated rings. The average molecular weight is 212 g/mol. The number of rotatable bonds is 2. The topological polar surface area (TPSA) is 36.9 Å². The van der Waals surface area contributed by atoms with Crippen molar-refractivity contribution in [3.63, 3.8) is 0 Å². The quantitative estimate of drug-likeness (QED) is 0.642. The van der Waals surface area contributed by atoms with E-state index in [2.05, 4.69) is 13.2 Å². The van der Waals surface area contributed by atoms with Crippen LogP contribution < -0.4 is 0 Å². The first-order valence-corrected chi connectivity index (χ1v) is 4.98. The van der Waals surface area contributed by atoms with Gasteiger partial charge in [-0.25, -0.2) is 0 Å². The predicted octanol–water partition coefficient (Wildman–Crippen LogP) is 1.09. The molecule has 0 aliphatic carbocycles. The Morgan fingerprint density at radius 2 is 1.80 bits per heavy atom. The van der Waals surface area contributed by atoms with E-state index in [0.717, 1.165) is 0 Å². The molecule has 84 valence electrons. The highest BCUT2D eigenvalue weighted by Crippen LogP contribution is 2.34. The minimum Gasteiger partial charge on any atom is -0.355 e. The second-order valence-corrected chi connectivity index (χ2v) is 3.88. The summed E-state index contributed by atoms with van der Waals surface area (Å²) < 4.78 is 21.8. The van der Waals surface area contributed by atoms with E-state index in [4.69, 9.17) is 18.9 Å². The van der Waals surface area contributed by atoms with Crippen molar-refractivity contribution in [2.45, 2.75) is 12.4 Å². The Morgan fingerprint density at radius 3 is 2.40 bits per heavy atom. The molecule has 2 aliphatic rings. The molecule has 2 heterocycles. The van der Waals surface area contributed by atoms with Gasteiger partial charge in [-0.2, -0.15) is 0 Å². The molecule has 2 unspecified atom stereocenters. The average Bonchev–Trinajstić information content (AvgIpc) is 2.31. The van der Waals surface area contributed by atoms with E-state index >= 15 is 0 Å². The first-order valence-electron chi connectivity index (χ1n) is 4.98. The molecule has 15 heavy (non-hydrogen) atoms. The summed E-state index contributed by atoms with van der Waals surface area (Å²) >= 11 is 0. The van der Waals surface area contributed by atoms with Gasteiger partial charge in [0.05, 0.1) is 31.3 Å². The van der Waals surface area contributed by atoms with Crippen molar-refractivity contribution in [1.82, 2.24) is 0 Å². The van der Waals surface area contributed by atoms with E-state index < -0.39 is 0 Å². The summed E-state index contributed by atoms with van der Waals surface area (Å²) in [4.78, 5) is 0. The lowest BCUT2D eigenvalue weighted by Crippen LogP contribution is -2.55. The van der Waals surface area contributed by atoms with Gasteiger partial charge in [0, 0.05) is 0 Å². The van der Waals surface area contributed by atoms with Gasteiger partial charge in [-0.1, -0.05) is 12.7 Å². The lowest BCUT2D eigenvalue weighted by Gasteiger charge is -2.45. The van der Waals surface area contributed by atoms with E-state index in [1.807, 2.05) is 0 Å². The Kier molecular flexibility index (Phi) is 3.21. The van der Waals surface area contributed by atoms with Crippen LogP contribution in [0.5, 0.6) is 0 Å². The first kappa shape index (κ1) is 10.8. The van der Waals surface area contributed by atoms with E-state index in [1.54, 1.807) is 12.2 Å². The van der Waals surface area contributed by atoms with Crippen LogP contribution in [0.3, 0.4) is 0 Å². The summed E-state index contributed by atoms with van der Waals surface area (Å²) in [6, 6.07) is 0. The maximum atomic E-state index is 5.66. The third kappa shape index (κ3) is 1.99. The molecule has 0 N–H and O–H groups in total. The molecule has 0 saturated carbocycles. The fraction of sp³-hybridized carbons (Fsp3) is 0.636. The molecule has 4 heteroatoms. The highest BCUT2D eigenvalue weighted by molar-refractivity contribution is 5.01. The fourth-order valence-electron chi connectivity index (χ4n) is 1.93. The molecule has 0 aromatic carbocycles. The van der Waals surface area contributed by atoms with E-state index in [1.165, 1.54) is 0 Å². The van der Waals surface area contributed by atoms with Crippen molar-refractivity contribution >= 4 is 0 Å². The zero-order valence-corrected chi connectivity index (χ0v) is 8.69. The molecule has 2 atom stereocenters. The lowest BCUT2D eigenvalue weighted by atomic mass is 9.83. The Bertz CT molecular complexity index is 245. The van der Waals surface area contributed by atoms with Crippen molar-refractivity contribution < 1.29 is 18.9 Å². The number of hydrogen-bond donors (Lipinski definition) is 0. The van der Waals surface area contributed by atoms with Crippen LogP contribution in [-0.2, 0) is 18.9 Å². The minimum atomic E-state index is -0.361. The highest BCUT2D eigenvalue weighted by atomic mass is 16.7. The second-order valence-electron chi connectivity index (χ2n) is 3.88. The van der Waals surface area contributed by atoms with Crippen LogP contribution in [0.25, 0.3) is 0 Å². The summed E-state index contributed by atoms with van der Waals surface area (Å²) in [5.41, 5.74) is -0.250. The van der Waals surface area contributed by atoms with Crippen LogP contribution in [-0.4, -0.2) is 39.0 Å². The van der Waals surface area contributed by atoms with Crippen molar-refractivity contribution in [2.75, 3.05) is 26.6 Å². The van der Waals surface area contributed by atoms with Crippen LogP contribution in [0.4, 0.5) is 0 Å². The Balaban J connectivity index is 2.10. The van der Waals surface area contributed by atoms with Gasteiger partial charge < -0.3 is 18.9 Å². The smallest absolute Gasteiger partial charge is 0.177 e. The molecule has 2 rings (SSSR count). The van der Waals surface area contributed by atoms with Crippen molar-refractivity contribution in [2.24, 2.45) is 5.41 Å². The maximum Gasteiger partial charge on any atom is 0.177 e. The molecule has 1 spiro atoms. The van der Waals surface area contributed by atoms with Gasteiger partial charge in [0.1, 0.15) is 6.79 Å². The van der Waals surface area contributed by atoms with Crippen molar-refractivity contribution in [3.8, 4) is 0 Å². The monoisotopic (exact) mass is 212 g/mol. The Morgan fingerprint density at radius 1 is 1.07 bits per heavy atom. The third-order valence-corrected chi connectivity index (χ3v) is 2.77. The molecular formula is C11H16O4. The second kappa shape index (κ2) is 4.45. The molecular weight excluding hydrogens is 196 g/mol. The molecule has 0 bridgehead atoms. The predicted molar refractivity (Wildman–Crippen MR) is 54.2 cm³/mol. The molecule has 0 amide bonds. The van der Waals surface area contributed by atoms with Crippen LogP contribution in [0.15, 0.2) is 25.3 Å². The van der Waals surface area contributed by atoms with Crippen LogP contribution in [0, 0.1) is 5.41 Å². The fourth-order valence-corrected chi connectivity index (χ4v) is 1.93. The zero-order chi connectivity index (χ0) is 10.7. The summed E-state index contributed by atoms with van der Waals surface area (Å²) in [5.74, 6) is 0. The number of ether oxygens (including phenoxy) is 4. The standard InChI is InChI=1S/C11H16O4/c1-3-9-11(5-12-8-13-6-11)7-14-10(4-2)15-9/h3-4,9-10H,1-2,5-8H2. The lowest BCUT2D eigenvalue weighted by molar-refractivity contribution is -0.286. The normalized spacial score (nSPS) is 34.9.